The summed E-state index contributed by atoms with van der Waals surface area (Å²) in [5, 5.41) is 12.1. The molecule has 1 heterocycles. The van der Waals surface area contributed by atoms with Crippen LogP contribution >= 0.6 is 23.2 Å². The van der Waals surface area contributed by atoms with Crippen LogP contribution in [0, 0.1) is 0 Å². The van der Waals surface area contributed by atoms with Crippen molar-refractivity contribution in [3.05, 3.63) is 99.0 Å². The molecule has 0 aromatic heterocycles. The van der Waals surface area contributed by atoms with Crippen LogP contribution in [0.5, 0.6) is 5.75 Å². The molecule has 3 aromatic rings. The summed E-state index contributed by atoms with van der Waals surface area (Å²) in [6, 6.07) is 15.9. The maximum Gasteiger partial charge on any atom is 0.335 e. The third-order valence-corrected chi connectivity index (χ3v) is 5.50. The number of rotatable bonds is 6. The molecule has 2 N–H and O–H groups in total. The number of ether oxygens (including phenoxy) is 1. The number of imide groups is 2. The third-order valence-electron chi connectivity index (χ3n) is 5.03. The Labute approximate surface area is 209 Å². The second-order valence-corrected chi connectivity index (χ2v) is 8.28. The van der Waals surface area contributed by atoms with Crippen molar-refractivity contribution >= 4 is 58.8 Å². The van der Waals surface area contributed by atoms with E-state index >= 15 is 0 Å². The lowest BCUT2D eigenvalue weighted by molar-refractivity contribution is -0.122. The summed E-state index contributed by atoms with van der Waals surface area (Å²) in [6.07, 6.45) is 1.28. The van der Waals surface area contributed by atoms with Gasteiger partial charge in [-0.1, -0.05) is 35.3 Å². The summed E-state index contributed by atoms with van der Waals surface area (Å²) >= 11 is 12.1. The highest BCUT2D eigenvalue weighted by Gasteiger charge is 2.37. The van der Waals surface area contributed by atoms with Crippen LogP contribution in [0.1, 0.15) is 21.5 Å². The second kappa shape index (κ2) is 10.0. The lowest BCUT2D eigenvalue weighted by Crippen LogP contribution is -2.54. The SMILES string of the molecule is O=C1NC(=O)N(c2ccc(C(=O)O)cc2)C(=O)/C1=C/c1cc(Cl)ccc1OCc1cccc(Cl)c1. The first-order valence-corrected chi connectivity index (χ1v) is 10.9. The molecule has 10 heteroatoms. The fourth-order valence-corrected chi connectivity index (χ4v) is 3.75. The van der Waals surface area contributed by atoms with Crippen LogP contribution in [0.4, 0.5) is 10.5 Å². The Bertz CT molecular complexity index is 1380. The van der Waals surface area contributed by atoms with Crippen molar-refractivity contribution in [1.29, 1.82) is 0 Å². The summed E-state index contributed by atoms with van der Waals surface area (Å²) in [6.45, 7) is 0.166. The van der Waals surface area contributed by atoms with Gasteiger partial charge in [0.2, 0.25) is 0 Å². The van der Waals surface area contributed by atoms with Crippen molar-refractivity contribution < 1.29 is 29.0 Å². The van der Waals surface area contributed by atoms with Crippen LogP contribution in [-0.4, -0.2) is 28.9 Å². The fraction of sp³-hybridized carbons (Fsp3) is 0.0400. The number of aromatic carboxylic acids is 1. The number of nitrogens with one attached hydrogen (secondary N) is 1. The Morgan fingerprint density at radius 3 is 2.37 bits per heavy atom. The highest BCUT2D eigenvalue weighted by atomic mass is 35.5. The van der Waals surface area contributed by atoms with Gasteiger partial charge in [0.05, 0.1) is 11.3 Å². The molecule has 1 saturated heterocycles. The molecule has 0 radical (unpaired) electrons. The molecule has 0 atom stereocenters. The zero-order chi connectivity index (χ0) is 25.1. The van der Waals surface area contributed by atoms with Crippen LogP contribution < -0.4 is 15.0 Å². The molecule has 0 unspecified atom stereocenters. The Morgan fingerprint density at radius 1 is 0.971 bits per heavy atom. The number of anilines is 1. The van der Waals surface area contributed by atoms with Crippen LogP contribution in [0.2, 0.25) is 10.0 Å². The fourth-order valence-electron chi connectivity index (χ4n) is 3.35. The molecule has 8 nitrogen and oxygen atoms in total. The lowest BCUT2D eigenvalue weighted by Gasteiger charge is -2.26. The largest absolute Gasteiger partial charge is 0.488 e. The van der Waals surface area contributed by atoms with E-state index in [4.69, 9.17) is 33.0 Å². The van der Waals surface area contributed by atoms with E-state index in [2.05, 4.69) is 5.32 Å². The van der Waals surface area contributed by atoms with Gasteiger partial charge in [-0.15, -0.1) is 0 Å². The molecule has 0 spiro atoms. The number of barbiturate groups is 1. The first kappa shape index (κ1) is 24.0. The smallest absolute Gasteiger partial charge is 0.335 e. The van der Waals surface area contributed by atoms with Crippen molar-refractivity contribution in [2.75, 3.05) is 4.90 Å². The highest BCUT2D eigenvalue weighted by molar-refractivity contribution is 6.39. The normalized spacial score (nSPS) is 14.7. The monoisotopic (exact) mass is 510 g/mol. The van der Waals surface area contributed by atoms with Crippen LogP contribution in [0.3, 0.4) is 0 Å². The quantitative estimate of drug-likeness (QED) is 0.358. The molecule has 1 aliphatic rings. The van der Waals surface area contributed by atoms with E-state index in [0.29, 0.717) is 21.4 Å². The molecule has 3 aromatic carbocycles. The van der Waals surface area contributed by atoms with Crippen molar-refractivity contribution in [3.63, 3.8) is 0 Å². The standard InChI is InChI=1S/C25H16Cl2N2O6/c26-17-3-1-2-14(10-17)13-35-21-9-6-18(27)11-16(21)12-20-22(30)28-25(34)29(23(20)31)19-7-4-15(5-8-19)24(32)33/h1-12H,13H2,(H,32,33)(H,28,30,34)/b20-12+. The number of carbonyl (C=O) groups excluding carboxylic acids is 3. The zero-order valence-electron chi connectivity index (χ0n) is 17.8. The van der Waals surface area contributed by atoms with E-state index in [1.54, 1.807) is 30.3 Å². The predicted octanol–water partition coefficient (Wildman–Crippen LogP) is 4.94. The molecule has 176 valence electrons. The van der Waals surface area contributed by atoms with E-state index < -0.39 is 23.8 Å². The number of amides is 4. The molecular weight excluding hydrogens is 495 g/mol. The first-order valence-electron chi connectivity index (χ1n) is 10.1. The van der Waals surface area contributed by atoms with Gasteiger partial charge >= 0.3 is 12.0 Å². The van der Waals surface area contributed by atoms with Gasteiger partial charge in [0.15, 0.2) is 0 Å². The summed E-state index contributed by atoms with van der Waals surface area (Å²) in [4.78, 5) is 49.9. The third kappa shape index (κ3) is 5.34. The van der Waals surface area contributed by atoms with Gasteiger partial charge in [-0.3, -0.25) is 14.9 Å². The number of hydrogen-bond acceptors (Lipinski definition) is 5. The van der Waals surface area contributed by atoms with E-state index in [-0.39, 0.29) is 23.4 Å². The van der Waals surface area contributed by atoms with Crippen molar-refractivity contribution in [2.24, 2.45) is 0 Å². The summed E-state index contributed by atoms with van der Waals surface area (Å²) in [5.74, 6) is -2.59. The number of halogens is 2. The van der Waals surface area contributed by atoms with Gasteiger partial charge in [-0.2, -0.15) is 0 Å². The van der Waals surface area contributed by atoms with Gasteiger partial charge < -0.3 is 9.84 Å². The number of carbonyl (C=O) groups is 4. The van der Waals surface area contributed by atoms with E-state index in [9.17, 15) is 19.2 Å². The van der Waals surface area contributed by atoms with Gasteiger partial charge in [0, 0.05) is 15.6 Å². The maximum absolute atomic E-state index is 13.2. The van der Waals surface area contributed by atoms with Gasteiger partial charge in [0.1, 0.15) is 17.9 Å². The summed E-state index contributed by atoms with van der Waals surface area (Å²) < 4.78 is 5.87. The van der Waals surface area contributed by atoms with E-state index in [0.717, 1.165) is 10.5 Å². The molecule has 1 fully saturated rings. The summed E-state index contributed by atoms with van der Waals surface area (Å²) in [7, 11) is 0. The number of urea groups is 1. The maximum atomic E-state index is 13.2. The number of nitrogens with zero attached hydrogens (tertiary/aromatic N) is 1. The van der Waals surface area contributed by atoms with Crippen molar-refractivity contribution in [1.82, 2.24) is 5.32 Å². The first-order chi connectivity index (χ1) is 16.7. The van der Waals surface area contributed by atoms with Gasteiger partial charge in [0.25, 0.3) is 11.8 Å². The minimum absolute atomic E-state index is 0.0223. The Morgan fingerprint density at radius 2 is 1.69 bits per heavy atom. The van der Waals surface area contributed by atoms with Crippen molar-refractivity contribution in [2.45, 2.75) is 6.61 Å². The Hall–Kier alpha value is -4.14. The average molecular weight is 511 g/mol. The minimum Gasteiger partial charge on any atom is -0.488 e. The zero-order valence-corrected chi connectivity index (χ0v) is 19.3. The molecule has 0 saturated carbocycles. The lowest BCUT2D eigenvalue weighted by atomic mass is 10.1. The minimum atomic E-state index is -1.16. The second-order valence-electron chi connectivity index (χ2n) is 7.41. The Balaban J connectivity index is 1.66. The van der Waals surface area contributed by atoms with Crippen LogP contribution in [0.25, 0.3) is 6.08 Å². The van der Waals surface area contributed by atoms with Crippen LogP contribution in [-0.2, 0) is 16.2 Å². The van der Waals surface area contributed by atoms with Crippen molar-refractivity contribution in [3.8, 4) is 5.75 Å². The average Bonchev–Trinajstić information content (AvgIpc) is 2.81. The number of carboxylic acid groups (broad SMARTS) is 1. The topological polar surface area (TPSA) is 113 Å². The Kier molecular flexibility index (Phi) is 6.86. The molecule has 1 aliphatic heterocycles. The number of hydrogen-bond donors (Lipinski definition) is 2. The van der Waals surface area contributed by atoms with Gasteiger partial charge in [-0.05, 0) is 66.2 Å². The molecule has 0 bridgehead atoms. The van der Waals surface area contributed by atoms with E-state index in [1.165, 1.54) is 36.4 Å². The van der Waals surface area contributed by atoms with E-state index in [1.807, 2.05) is 6.07 Å². The molecule has 35 heavy (non-hydrogen) atoms. The molecule has 0 aliphatic carbocycles. The molecule has 4 rings (SSSR count). The highest BCUT2D eigenvalue weighted by Crippen LogP contribution is 2.29. The number of carboxylic acids is 1. The van der Waals surface area contributed by atoms with Gasteiger partial charge in [-0.25, -0.2) is 14.5 Å². The van der Waals surface area contributed by atoms with Crippen LogP contribution in [0.15, 0.2) is 72.3 Å². The summed E-state index contributed by atoms with van der Waals surface area (Å²) in [5.41, 5.74) is 0.889. The molecular formula is C25H16Cl2N2O6. The number of benzene rings is 3. The molecule has 4 amide bonds. The predicted molar refractivity (Wildman–Crippen MR) is 130 cm³/mol.